The summed E-state index contributed by atoms with van der Waals surface area (Å²) in [6.07, 6.45) is 0. The van der Waals surface area contributed by atoms with Crippen molar-refractivity contribution in [1.82, 2.24) is 19.9 Å². The van der Waals surface area contributed by atoms with E-state index < -0.39 is 0 Å². The molecule has 0 amide bonds. The van der Waals surface area contributed by atoms with Gasteiger partial charge in [0.2, 0.25) is 11.2 Å². The van der Waals surface area contributed by atoms with E-state index in [2.05, 4.69) is 19.9 Å². The van der Waals surface area contributed by atoms with Crippen LogP contribution in [0.5, 0.6) is 11.9 Å². The third kappa shape index (κ3) is 11.2. The molecule has 0 saturated heterocycles. The average molecular weight is 388 g/mol. The number of ether oxygens (including phenoxy) is 2. The van der Waals surface area contributed by atoms with Crippen LogP contribution in [-0.4, -0.2) is 39.6 Å². The Morgan fingerprint density at radius 2 is 1.43 bits per heavy atom. The second-order valence-corrected chi connectivity index (χ2v) is 4.36. The molecule has 0 atom stereocenters. The van der Waals surface area contributed by atoms with Crippen LogP contribution in [0.1, 0.15) is 11.4 Å². The molecule has 0 radical (unpaired) electrons. The van der Waals surface area contributed by atoms with Gasteiger partial charge >= 0.3 is 57.4 Å². The molecule has 10 heteroatoms. The SMILES string of the molecule is COc1cc(C)nc(OC)n1.Cc1cc(Cl)nc(Cl)n1.[CH3-].[K+].[OH-]. The summed E-state index contributed by atoms with van der Waals surface area (Å²) < 4.78 is 9.74. The molecule has 2 aromatic rings. The second kappa shape index (κ2) is 14.3. The van der Waals surface area contributed by atoms with Crippen molar-refractivity contribution in [1.29, 1.82) is 0 Å². The third-order valence-corrected chi connectivity index (χ3v) is 2.36. The maximum Gasteiger partial charge on any atom is 1.00 e. The van der Waals surface area contributed by atoms with Crippen LogP contribution in [0.25, 0.3) is 0 Å². The van der Waals surface area contributed by atoms with Gasteiger partial charge in [0.1, 0.15) is 5.15 Å². The van der Waals surface area contributed by atoms with Gasteiger partial charge in [-0.1, -0.05) is 11.6 Å². The summed E-state index contributed by atoms with van der Waals surface area (Å²) in [6.45, 7) is 3.66. The molecule has 23 heavy (non-hydrogen) atoms. The van der Waals surface area contributed by atoms with Gasteiger partial charge in [0, 0.05) is 17.5 Å². The van der Waals surface area contributed by atoms with Crippen LogP contribution in [-0.2, 0) is 0 Å². The Kier molecular flexibility index (Phi) is 17.3. The summed E-state index contributed by atoms with van der Waals surface area (Å²) in [5.41, 5.74) is 1.61. The van der Waals surface area contributed by atoms with E-state index in [1.54, 1.807) is 26.2 Å². The second-order valence-electron chi connectivity index (χ2n) is 3.64. The van der Waals surface area contributed by atoms with Crippen molar-refractivity contribution >= 4 is 23.2 Å². The molecule has 0 aromatic carbocycles. The molecule has 0 unspecified atom stereocenters. The van der Waals surface area contributed by atoms with Gasteiger partial charge in [-0.25, -0.2) is 15.0 Å². The van der Waals surface area contributed by atoms with Crippen LogP contribution in [0.3, 0.4) is 0 Å². The molecule has 2 heterocycles. The van der Waals surface area contributed by atoms with Crippen LogP contribution in [0, 0.1) is 21.3 Å². The van der Waals surface area contributed by atoms with E-state index >= 15 is 0 Å². The summed E-state index contributed by atoms with van der Waals surface area (Å²) in [7, 11) is 3.08. The van der Waals surface area contributed by atoms with Gasteiger partial charge in [-0.3, -0.25) is 0 Å². The topological polar surface area (TPSA) is 100 Å². The van der Waals surface area contributed by atoms with E-state index in [9.17, 15) is 0 Å². The molecule has 124 valence electrons. The van der Waals surface area contributed by atoms with Crippen molar-refractivity contribution in [2.75, 3.05) is 14.2 Å². The predicted octanol–water partition coefficient (Wildman–Crippen LogP) is 0.172. The number of rotatable bonds is 2. The first kappa shape index (κ1) is 27.8. The molecule has 2 rings (SSSR count). The maximum absolute atomic E-state index is 5.51. The molecule has 0 bridgehead atoms. The van der Waals surface area contributed by atoms with Crippen LogP contribution in [0.4, 0.5) is 0 Å². The minimum absolute atomic E-state index is 0. The van der Waals surface area contributed by atoms with Crippen molar-refractivity contribution in [3.8, 4) is 11.9 Å². The quantitative estimate of drug-likeness (QED) is 0.313. The van der Waals surface area contributed by atoms with Gasteiger partial charge in [0.15, 0.2) is 0 Å². The number of aryl methyl sites for hydroxylation is 2. The summed E-state index contributed by atoms with van der Waals surface area (Å²) in [5.74, 6) is 0.523. The number of halogens is 2. The molecule has 2 aromatic heterocycles. The zero-order valence-electron chi connectivity index (χ0n) is 14.0. The third-order valence-electron chi connectivity index (χ3n) is 2.00. The van der Waals surface area contributed by atoms with E-state index in [0.717, 1.165) is 11.4 Å². The van der Waals surface area contributed by atoms with E-state index in [1.165, 1.54) is 7.11 Å². The molecule has 7 nitrogen and oxygen atoms in total. The Hall–Kier alpha value is -0.0636. The van der Waals surface area contributed by atoms with Gasteiger partial charge in [0.25, 0.3) is 0 Å². The Morgan fingerprint density at radius 3 is 1.87 bits per heavy atom. The molecule has 0 fully saturated rings. The average Bonchev–Trinajstić information content (AvgIpc) is 2.37. The van der Waals surface area contributed by atoms with Gasteiger partial charge in [-0.2, -0.15) is 4.98 Å². The molecule has 0 saturated carbocycles. The molecular formula is C13H18Cl2KN4O3-. The predicted molar refractivity (Wildman–Crippen MR) is 85.0 cm³/mol. The molecular weight excluding hydrogens is 370 g/mol. The fourth-order valence-corrected chi connectivity index (χ4v) is 1.71. The van der Waals surface area contributed by atoms with Gasteiger partial charge in [0.05, 0.1) is 14.2 Å². The van der Waals surface area contributed by atoms with Crippen LogP contribution >= 0.6 is 23.2 Å². The Bertz CT molecular complexity index is 518. The standard InChI is InChI=1S/C7H10N2O2.C5H4Cl2N2.CH3.K.H2O/c1-5-4-6(10-2)9-7(8-5)11-3;1-3-2-4(6)9-5(7)8-3;;;/h4H,1-3H3;2H,1H3;1H3;;1H2/q;;-1;+1;/p-1. The zero-order chi connectivity index (χ0) is 15.1. The molecule has 0 aliphatic carbocycles. The molecule has 0 aliphatic rings. The monoisotopic (exact) mass is 387 g/mol. The number of hydrogen-bond acceptors (Lipinski definition) is 7. The Balaban J connectivity index is -0.000000312. The normalized spacial score (nSPS) is 8.26. The van der Waals surface area contributed by atoms with Crippen LogP contribution < -0.4 is 60.9 Å². The summed E-state index contributed by atoms with van der Waals surface area (Å²) in [6, 6.07) is 3.72. The fraction of sp³-hybridized carbons (Fsp3) is 0.308. The Labute approximate surface area is 188 Å². The first-order chi connectivity index (χ1) is 9.44. The van der Waals surface area contributed by atoms with E-state index in [1.807, 2.05) is 6.92 Å². The van der Waals surface area contributed by atoms with Crippen LogP contribution in [0.15, 0.2) is 12.1 Å². The van der Waals surface area contributed by atoms with Crippen molar-refractivity contribution in [3.05, 3.63) is 41.4 Å². The van der Waals surface area contributed by atoms with Crippen molar-refractivity contribution in [2.24, 2.45) is 0 Å². The van der Waals surface area contributed by atoms with E-state index in [4.69, 9.17) is 32.7 Å². The van der Waals surface area contributed by atoms with Gasteiger partial charge in [-0.15, -0.1) is 0 Å². The first-order valence-corrected chi connectivity index (χ1v) is 6.30. The smallest absolute Gasteiger partial charge is 0.870 e. The van der Waals surface area contributed by atoms with Crippen LogP contribution in [0.2, 0.25) is 10.4 Å². The minimum atomic E-state index is 0. The summed E-state index contributed by atoms with van der Waals surface area (Å²) in [4.78, 5) is 15.4. The largest absolute Gasteiger partial charge is 1.00 e. The van der Waals surface area contributed by atoms with E-state index in [0.29, 0.717) is 17.0 Å². The zero-order valence-corrected chi connectivity index (χ0v) is 18.6. The van der Waals surface area contributed by atoms with Gasteiger partial charge < -0.3 is 22.4 Å². The molecule has 1 N–H and O–H groups in total. The molecule has 0 spiro atoms. The van der Waals surface area contributed by atoms with E-state index in [-0.39, 0.29) is 69.6 Å². The first-order valence-electron chi connectivity index (χ1n) is 5.55. The fourth-order valence-electron chi connectivity index (χ4n) is 1.20. The number of hydrogen-bond donors (Lipinski definition) is 0. The summed E-state index contributed by atoms with van der Waals surface area (Å²) in [5, 5.41) is 0.576. The van der Waals surface area contributed by atoms with Crippen molar-refractivity contribution in [2.45, 2.75) is 13.8 Å². The number of nitrogens with zero attached hydrogens (tertiary/aromatic N) is 4. The number of methoxy groups -OCH3 is 2. The minimum Gasteiger partial charge on any atom is -0.870 e. The van der Waals surface area contributed by atoms with Gasteiger partial charge in [-0.05, 0) is 31.5 Å². The maximum atomic E-state index is 5.51. The number of aromatic nitrogens is 4. The van der Waals surface area contributed by atoms with Crippen molar-refractivity contribution in [3.63, 3.8) is 0 Å². The summed E-state index contributed by atoms with van der Waals surface area (Å²) >= 11 is 11.0. The molecule has 0 aliphatic heterocycles. The Morgan fingerprint density at radius 1 is 0.870 bits per heavy atom. The van der Waals surface area contributed by atoms with Crippen molar-refractivity contribution < 1.29 is 66.3 Å².